The van der Waals surface area contributed by atoms with E-state index < -0.39 is 18.0 Å². The van der Waals surface area contributed by atoms with Crippen molar-refractivity contribution in [2.24, 2.45) is 0 Å². The van der Waals surface area contributed by atoms with Crippen LogP contribution in [0.25, 0.3) is 10.8 Å². The van der Waals surface area contributed by atoms with Gasteiger partial charge in [0, 0.05) is 6.42 Å². The summed E-state index contributed by atoms with van der Waals surface area (Å²) in [6.45, 7) is 0. The summed E-state index contributed by atoms with van der Waals surface area (Å²) in [4.78, 5) is 24.2. The maximum atomic E-state index is 12.5. The summed E-state index contributed by atoms with van der Waals surface area (Å²) in [5.74, 6) is -0.641. The van der Waals surface area contributed by atoms with Crippen molar-refractivity contribution < 1.29 is 24.2 Å². The van der Waals surface area contributed by atoms with Crippen LogP contribution >= 0.6 is 0 Å². The van der Waals surface area contributed by atoms with Gasteiger partial charge in [-0.05, 0) is 52.7 Å². The Kier molecular flexibility index (Phi) is 5.94. The van der Waals surface area contributed by atoms with E-state index in [1.165, 1.54) is 0 Å². The average molecular weight is 412 g/mol. The lowest BCUT2D eigenvalue weighted by Gasteiger charge is -2.14. The molecule has 4 aromatic rings. The SMILES string of the molecule is O=C(O[C@H](Cc1ccc2ccccc2c1)C(=O)O)c1ccc(Oc2ccccc2)cc1. The molecule has 1 N–H and O–H groups in total. The van der Waals surface area contributed by atoms with Crippen molar-refractivity contribution >= 4 is 22.7 Å². The van der Waals surface area contributed by atoms with Crippen molar-refractivity contribution in [2.45, 2.75) is 12.5 Å². The van der Waals surface area contributed by atoms with Gasteiger partial charge >= 0.3 is 11.9 Å². The molecule has 154 valence electrons. The van der Waals surface area contributed by atoms with Gasteiger partial charge in [-0.1, -0.05) is 60.7 Å². The van der Waals surface area contributed by atoms with E-state index in [-0.39, 0.29) is 12.0 Å². The molecule has 0 heterocycles. The minimum Gasteiger partial charge on any atom is -0.478 e. The van der Waals surface area contributed by atoms with Crippen molar-refractivity contribution in [3.63, 3.8) is 0 Å². The number of aliphatic carboxylic acids is 1. The first-order valence-corrected chi connectivity index (χ1v) is 9.83. The van der Waals surface area contributed by atoms with Gasteiger partial charge in [0.05, 0.1) is 5.56 Å². The molecule has 31 heavy (non-hydrogen) atoms. The monoisotopic (exact) mass is 412 g/mol. The number of ether oxygens (including phenoxy) is 2. The predicted octanol–water partition coefficient (Wildman–Crippen LogP) is 5.48. The third-order valence-electron chi connectivity index (χ3n) is 4.83. The normalized spacial score (nSPS) is 11.6. The lowest BCUT2D eigenvalue weighted by molar-refractivity contribution is -0.147. The van der Waals surface area contributed by atoms with Crippen LogP contribution in [0.3, 0.4) is 0 Å². The van der Waals surface area contributed by atoms with Gasteiger partial charge in [0.25, 0.3) is 0 Å². The largest absolute Gasteiger partial charge is 0.478 e. The molecule has 1 atom stereocenters. The third kappa shape index (κ3) is 5.08. The Morgan fingerprint density at radius 1 is 0.742 bits per heavy atom. The van der Waals surface area contributed by atoms with Gasteiger partial charge in [0.2, 0.25) is 6.10 Å². The van der Waals surface area contributed by atoms with Crippen LogP contribution in [-0.4, -0.2) is 23.1 Å². The Morgan fingerprint density at radius 2 is 1.39 bits per heavy atom. The topological polar surface area (TPSA) is 72.8 Å². The van der Waals surface area contributed by atoms with E-state index in [4.69, 9.17) is 9.47 Å². The highest BCUT2D eigenvalue weighted by Crippen LogP contribution is 2.22. The summed E-state index contributed by atoms with van der Waals surface area (Å²) >= 11 is 0. The molecular weight excluding hydrogens is 392 g/mol. The predicted molar refractivity (Wildman–Crippen MR) is 117 cm³/mol. The van der Waals surface area contributed by atoms with Crippen molar-refractivity contribution in [1.29, 1.82) is 0 Å². The van der Waals surface area contributed by atoms with E-state index in [0.29, 0.717) is 11.5 Å². The summed E-state index contributed by atoms with van der Waals surface area (Å²) in [6.07, 6.45) is -1.20. The molecule has 5 heteroatoms. The van der Waals surface area contributed by atoms with Crippen molar-refractivity contribution in [3.8, 4) is 11.5 Å². The second-order valence-corrected chi connectivity index (χ2v) is 7.06. The zero-order valence-electron chi connectivity index (χ0n) is 16.6. The first-order valence-electron chi connectivity index (χ1n) is 9.83. The second-order valence-electron chi connectivity index (χ2n) is 7.06. The van der Waals surface area contributed by atoms with Crippen LogP contribution in [0.2, 0.25) is 0 Å². The zero-order chi connectivity index (χ0) is 21.6. The molecule has 0 aliphatic carbocycles. The average Bonchev–Trinajstić information content (AvgIpc) is 2.79. The number of para-hydroxylation sites is 1. The maximum Gasteiger partial charge on any atom is 0.345 e. The lowest BCUT2D eigenvalue weighted by Crippen LogP contribution is -2.29. The fourth-order valence-electron chi connectivity index (χ4n) is 3.24. The Labute approximate surface area is 179 Å². The molecule has 0 fully saturated rings. The number of benzene rings is 4. The molecule has 4 aromatic carbocycles. The van der Waals surface area contributed by atoms with Gasteiger partial charge < -0.3 is 14.6 Å². The number of carboxylic acids is 1. The fraction of sp³-hybridized carbons (Fsp3) is 0.0769. The second kappa shape index (κ2) is 9.13. The van der Waals surface area contributed by atoms with E-state index >= 15 is 0 Å². The Hall–Kier alpha value is -4.12. The standard InChI is InChI=1S/C26H20O5/c27-25(28)24(17-18-10-11-19-6-4-5-7-21(19)16-18)31-26(29)20-12-14-23(15-13-20)30-22-8-2-1-3-9-22/h1-16,24H,17H2,(H,27,28)/t24-/m1/s1. The first-order chi connectivity index (χ1) is 15.1. The molecule has 0 saturated carbocycles. The number of hydrogen-bond acceptors (Lipinski definition) is 4. The molecule has 0 unspecified atom stereocenters. The van der Waals surface area contributed by atoms with Gasteiger partial charge in [0.15, 0.2) is 0 Å². The number of carbonyl (C=O) groups is 2. The summed E-state index contributed by atoms with van der Waals surface area (Å²) in [6, 6.07) is 29.2. The molecule has 5 nitrogen and oxygen atoms in total. The highest BCUT2D eigenvalue weighted by atomic mass is 16.6. The van der Waals surface area contributed by atoms with Crippen LogP contribution in [0.15, 0.2) is 97.1 Å². The summed E-state index contributed by atoms with van der Waals surface area (Å²) < 4.78 is 11.0. The molecule has 0 aromatic heterocycles. The highest BCUT2D eigenvalue weighted by Gasteiger charge is 2.23. The molecule has 0 aliphatic heterocycles. The molecule has 4 rings (SSSR count). The number of rotatable bonds is 7. The minimum absolute atomic E-state index is 0.0844. The quantitative estimate of drug-likeness (QED) is 0.407. The van der Waals surface area contributed by atoms with Crippen molar-refractivity contribution in [3.05, 3.63) is 108 Å². The molecule has 0 aliphatic rings. The Balaban J connectivity index is 1.43. The maximum absolute atomic E-state index is 12.5. The number of carboxylic acid groups (broad SMARTS) is 1. The highest BCUT2D eigenvalue weighted by molar-refractivity contribution is 5.91. The minimum atomic E-state index is -1.28. The summed E-state index contributed by atoms with van der Waals surface area (Å²) in [7, 11) is 0. The third-order valence-corrected chi connectivity index (χ3v) is 4.83. The lowest BCUT2D eigenvalue weighted by atomic mass is 10.0. The molecule has 0 saturated heterocycles. The number of fused-ring (bicyclic) bond motifs is 1. The Morgan fingerprint density at radius 3 is 2.10 bits per heavy atom. The molecule has 0 bridgehead atoms. The van der Waals surface area contributed by atoms with Gasteiger partial charge in [-0.2, -0.15) is 0 Å². The van der Waals surface area contributed by atoms with Crippen LogP contribution in [0.4, 0.5) is 0 Å². The summed E-state index contributed by atoms with van der Waals surface area (Å²) in [5, 5.41) is 11.6. The van der Waals surface area contributed by atoms with Crippen LogP contribution in [-0.2, 0) is 16.0 Å². The van der Waals surface area contributed by atoms with Gasteiger partial charge in [-0.3, -0.25) is 0 Å². The van der Waals surface area contributed by atoms with Crippen molar-refractivity contribution in [2.75, 3.05) is 0 Å². The molecule has 0 spiro atoms. The van der Waals surface area contributed by atoms with E-state index in [2.05, 4.69) is 0 Å². The van der Waals surface area contributed by atoms with Crippen LogP contribution in [0.5, 0.6) is 11.5 Å². The zero-order valence-corrected chi connectivity index (χ0v) is 16.6. The van der Waals surface area contributed by atoms with Gasteiger partial charge in [0.1, 0.15) is 11.5 Å². The van der Waals surface area contributed by atoms with Crippen LogP contribution < -0.4 is 4.74 Å². The first kappa shape index (κ1) is 20.2. The fourth-order valence-corrected chi connectivity index (χ4v) is 3.24. The molecule has 0 amide bonds. The van der Waals surface area contributed by atoms with Crippen LogP contribution in [0, 0.1) is 0 Å². The van der Waals surface area contributed by atoms with E-state index in [1.807, 2.05) is 72.8 Å². The van der Waals surface area contributed by atoms with E-state index in [0.717, 1.165) is 16.3 Å². The smallest absolute Gasteiger partial charge is 0.345 e. The number of esters is 1. The van der Waals surface area contributed by atoms with Crippen LogP contribution in [0.1, 0.15) is 15.9 Å². The van der Waals surface area contributed by atoms with Gasteiger partial charge in [-0.25, -0.2) is 9.59 Å². The van der Waals surface area contributed by atoms with Crippen molar-refractivity contribution in [1.82, 2.24) is 0 Å². The summed E-state index contributed by atoms with van der Waals surface area (Å²) in [5.41, 5.74) is 1.04. The molecule has 0 radical (unpaired) electrons. The Bertz CT molecular complexity index is 1200. The number of carbonyl (C=O) groups excluding carboxylic acids is 1. The number of hydrogen-bond donors (Lipinski definition) is 1. The van der Waals surface area contributed by atoms with E-state index in [1.54, 1.807) is 24.3 Å². The van der Waals surface area contributed by atoms with Gasteiger partial charge in [-0.15, -0.1) is 0 Å². The van der Waals surface area contributed by atoms with E-state index in [9.17, 15) is 14.7 Å². The molecular formula is C26H20O5.